The number of halogens is 1. The van der Waals surface area contributed by atoms with Gasteiger partial charge in [-0.25, -0.2) is 9.82 Å². The summed E-state index contributed by atoms with van der Waals surface area (Å²) in [7, 11) is 0. The second-order valence-electron chi connectivity index (χ2n) is 7.18. The number of nitro groups is 1. The van der Waals surface area contributed by atoms with E-state index in [-0.39, 0.29) is 30.2 Å². The molecule has 0 aliphatic heterocycles. The highest BCUT2D eigenvalue weighted by Crippen LogP contribution is 2.24. The maximum absolute atomic E-state index is 13.4. The van der Waals surface area contributed by atoms with Gasteiger partial charge in [-0.1, -0.05) is 24.3 Å². The number of hydrazone groups is 1. The maximum Gasteiger partial charge on any atom is 0.277 e. The maximum atomic E-state index is 13.4. The number of nitro benzene ring substituents is 1. The third kappa shape index (κ3) is 6.60. The van der Waals surface area contributed by atoms with Crippen molar-refractivity contribution < 1.29 is 23.6 Å². The first kappa shape index (κ1) is 23.4. The van der Waals surface area contributed by atoms with E-state index in [1.54, 1.807) is 18.2 Å². The molecule has 0 saturated heterocycles. The van der Waals surface area contributed by atoms with Crippen LogP contribution in [0.1, 0.15) is 22.3 Å². The predicted octanol–water partition coefficient (Wildman–Crippen LogP) is 4.46. The Labute approximate surface area is 189 Å². The molecule has 33 heavy (non-hydrogen) atoms. The molecule has 8 nitrogen and oxygen atoms in total. The van der Waals surface area contributed by atoms with Gasteiger partial charge in [0.15, 0.2) is 6.61 Å². The van der Waals surface area contributed by atoms with Gasteiger partial charge in [-0.05, 0) is 54.8 Å². The van der Waals surface area contributed by atoms with Crippen LogP contribution in [0, 0.1) is 29.8 Å². The van der Waals surface area contributed by atoms with E-state index in [1.807, 2.05) is 26.0 Å². The number of carbonyl (C=O) groups excluding carboxylic acids is 1. The Hall–Kier alpha value is -4.27. The van der Waals surface area contributed by atoms with E-state index < -0.39 is 16.6 Å². The minimum atomic E-state index is -0.551. The van der Waals surface area contributed by atoms with E-state index in [0.717, 1.165) is 11.1 Å². The van der Waals surface area contributed by atoms with E-state index in [2.05, 4.69) is 10.5 Å². The van der Waals surface area contributed by atoms with Crippen LogP contribution in [0.25, 0.3) is 0 Å². The van der Waals surface area contributed by atoms with Crippen LogP contribution in [-0.4, -0.2) is 23.7 Å². The molecule has 1 N–H and O–H groups in total. The van der Waals surface area contributed by atoms with Crippen LogP contribution in [0.4, 0.5) is 10.1 Å². The van der Waals surface area contributed by atoms with Crippen molar-refractivity contribution in [3.8, 4) is 11.5 Å². The number of benzene rings is 3. The summed E-state index contributed by atoms with van der Waals surface area (Å²) >= 11 is 0. The average molecular weight is 451 g/mol. The summed E-state index contributed by atoms with van der Waals surface area (Å²) in [5.41, 5.74) is 5.00. The Morgan fingerprint density at radius 1 is 1.09 bits per heavy atom. The van der Waals surface area contributed by atoms with E-state index in [9.17, 15) is 19.3 Å². The van der Waals surface area contributed by atoms with Gasteiger partial charge in [0.2, 0.25) is 0 Å². The number of hydrogen-bond donors (Lipinski definition) is 1. The van der Waals surface area contributed by atoms with Gasteiger partial charge in [0.1, 0.15) is 23.9 Å². The fourth-order valence-electron chi connectivity index (χ4n) is 2.90. The molecule has 1 amide bonds. The topological polar surface area (TPSA) is 103 Å². The number of amides is 1. The largest absolute Gasteiger partial charge is 0.488 e. The normalized spacial score (nSPS) is 10.8. The van der Waals surface area contributed by atoms with Gasteiger partial charge in [-0.15, -0.1) is 0 Å². The van der Waals surface area contributed by atoms with Gasteiger partial charge in [0, 0.05) is 17.7 Å². The monoisotopic (exact) mass is 451 g/mol. The molecule has 0 saturated carbocycles. The Bertz CT molecular complexity index is 1200. The van der Waals surface area contributed by atoms with Crippen LogP contribution in [0.5, 0.6) is 11.5 Å². The molecule has 0 heterocycles. The van der Waals surface area contributed by atoms with Gasteiger partial charge < -0.3 is 9.47 Å². The first-order valence-electron chi connectivity index (χ1n) is 10.00. The van der Waals surface area contributed by atoms with Crippen LogP contribution < -0.4 is 14.9 Å². The number of carbonyl (C=O) groups is 1. The zero-order valence-corrected chi connectivity index (χ0v) is 18.1. The van der Waals surface area contributed by atoms with E-state index in [0.29, 0.717) is 11.3 Å². The molecule has 3 rings (SSSR count). The van der Waals surface area contributed by atoms with Crippen LogP contribution in [-0.2, 0) is 11.4 Å². The lowest BCUT2D eigenvalue weighted by Crippen LogP contribution is -2.24. The Morgan fingerprint density at radius 2 is 1.88 bits per heavy atom. The van der Waals surface area contributed by atoms with Crippen molar-refractivity contribution in [1.82, 2.24) is 5.43 Å². The standard InChI is InChI=1S/C24H22FN3O5/c1-16-5-3-8-22(17(16)2)33-15-24(29)27-26-13-19-12-21(28(30)31)9-10-23(19)32-14-18-6-4-7-20(25)11-18/h3-13H,14-15H2,1-2H3,(H,27,29). The summed E-state index contributed by atoms with van der Waals surface area (Å²) in [5.74, 6) is -0.0115. The third-order valence-electron chi connectivity index (χ3n) is 4.79. The molecule has 0 aliphatic carbocycles. The van der Waals surface area contributed by atoms with Crippen molar-refractivity contribution in [1.29, 1.82) is 0 Å². The lowest BCUT2D eigenvalue weighted by Gasteiger charge is -2.10. The zero-order valence-electron chi connectivity index (χ0n) is 18.1. The number of non-ortho nitro benzene ring substituents is 1. The Morgan fingerprint density at radius 3 is 2.64 bits per heavy atom. The molecule has 0 aromatic heterocycles. The molecular formula is C24H22FN3O5. The van der Waals surface area contributed by atoms with Gasteiger partial charge in [0.25, 0.3) is 11.6 Å². The van der Waals surface area contributed by atoms with Gasteiger partial charge in [-0.3, -0.25) is 14.9 Å². The summed E-state index contributed by atoms with van der Waals surface area (Å²) in [6, 6.07) is 15.4. The molecule has 0 atom stereocenters. The molecule has 0 unspecified atom stereocenters. The lowest BCUT2D eigenvalue weighted by atomic mass is 10.1. The van der Waals surface area contributed by atoms with E-state index in [1.165, 1.54) is 36.5 Å². The van der Waals surface area contributed by atoms with Crippen LogP contribution in [0.3, 0.4) is 0 Å². The quantitative estimate of drug-likeness (QED) is 0.294. The fraction of sp³-hybridized carbons (Fsp3) is 0.167. The number of nitrogens with zero attached hydrogens (tertiary/aromatic N) is 2. The third-order valence-corrected chi connectivity index (χ3v) is 4.79. The van der Waals surface area contributed by atoms with E-state index >= 15 is 0 Å². The number of aryl methyl sites for hydroxylation is 1. The van der Waals surface area contributed by atoms with Crippen molar-refractivity contribution in [3.63, 3.8) is 0 Å². The lowest BCUT2D eigenvalue weighted by molar-refractivity contribution is -0.384. The molecule has 0 spiro atoms. The molecule has 170 valence electrons. The van der Waals surface area contributed by atoms with Crippen LogP contribution in [0.2, 0.25) is 0 Å². The highest BCUT2D eigenvalue weighted by Gasteiger charge is 2.12. The number of ether oxygens (including phenoxy) is 2. The first-order valence-corrected chi connectivity index (χ1v) is 10.00. The summed E-state index contributed by atoms with van der Waals surface area (Å²) in [4.78, 5) is 22.7. The minimum absolute atomic E-state index is 0.0481. The molecule has 0 bridgehead atoms. The Kier molecular flexibility index (Phi) is 7.69. The van der Waals surface area contributed by atoms with Crippen molar-refractivity contribution in [2.24, 2.45) is 5.10 Å². The average Bonchev–Trinajstić information content (AvgIpc) is 2.79. The van der Waals surface area contributed by atoms with E-state index in [4.69, 9.17) is 9.47 Å². The highest BCUT2D eigenvalue weighted by molar-refractivity contribution is 5.86. The first-order chi connectivity index (χ1) is 15.8. The predicted molar refractivity (Wildman–Crippen MR) is 121 cm³/mol. The molecule has 0 fully saturated rings. The SMILES string of the molecule is Cc1cccc(OCC(=O)NN=Cc2cc([N+](=O)[O-])ccc2OCc2cccc(F)c2)c1C. The second-order valence-corrected chi connectivity index (χ2v) is 7.18. The van der Waals surface area contributed by atoms with Crippen molar-refractivity contribution in [3.05, 3.63) is 98.8 Å². The summed E-state index contributed by atoms with van der Waals surface area (Å²) in [6.07, 6.45) is 1.24. The van der Waals surface area contributed by atoms with Crippen LogP contribution >= 0.6 is 0 Å². The summed E-state index contributed by atoms with van der Waals surface area (Å²) < 4.78 is 24.6. The highest BCUT2D eigenvalue weighted by atomic mass is 19.1. The van der Waals surface area contributed by atoms with Crippen molar-refractivity contribution in [2.45, 2.75) is 20.5 Å². The van der Waals surface area contributed by atoms with Gasteiger partial charge in [0.05, 0.1) is 11.1 Å². The minimum Gasteiger partial charge on any atom is -0.488 e. The molecule has 3 aromatic rings. The Balaban J connectivity index is 1.65. The van der Waals surface area contributed by atoms with Crippen molar-refractivity contribution in [2.75, 3.05) is 6.61 Å². The van der Waals surface area contributed by atoms with Crippen LogP contribution in [0.15, 0.2) is 65.8 Å². The molecular weight excluding hydrogens is 429 g/mol. The number of rotatable bonds is 9. The number of nitrogens with one attached hydrogen (secondary N) is 1. The molecule has 0 radical (unpaired) electrons. The van der Waals surface area contributed by atoms with Gasteiger partial charge >= 0.3 is 0 Å². The summed E-state index contributed by atoms with van der Waals surface area (Å²) in [6.45, 7) is 3.64. The molecule has 9 heteroatoms. The second kappa shape index (κ2) is 10.9. The zero-order chi connectivity index (χ0) is 23.8. The number of hydrogen-bond acceptors (Lipinski definition) is 6. The van der Waals surface area contributed by atoms with Gasteiger partial charge in [-0.2, -0.15) is 5.10 Å². The smallest absolute Gasteiger partial charge is 0.277 e. The molecule has 0 aliphatic rings. The fourth-order valence-corrected chi connectivity index (χ4v) is 2.90. The van der Waals surface area contributed by atoms with Crippen molar-refractivity contribution >= 4 is 17.8 Å². The molecule has 3 aromatic carbocycles. The summed E-state index contributed by atoms with van der Waals surface area (Å²) in [5, 5.41) is 15.0.